The molecule has 21 heavy (non-hydrogen) atoms. The molecule has 0 atom stereocenters. The summed E-state index contributed by atoms with van der Waals surface area (Å²) in [4.78, 5) is 16.3. The molecule has 112 valence electrons. The van der Waals surface area contributed by atoms with E-state index in [0.29, 0.717) is 18.4 Å². The quantitative estimate of drug-likeness (QED) is 0.628. The van der Waals surface area contributed by atoms with Gasteiger partial charge in [0, 0.05) is 27.7 Å². The molecule has 1 aromatic heterocycles. The number of nitrogens with zero attached hydrogens (tertiary/aromatic N) is 5. The van der Waals surface area contributed by atoms with Crippen LogP contribution in [0.5, 0.6) is 0 Å². The minimum atomic E-state index is -0.258. The zero-order valence-corrected chi connectivity index (χ0v) is 12.2. The van der Waals surface area contributed by atoms with Crippen molar-refractivity contribution in [2.45, 2.75) is 6.54 Å². The van der Waals surface area contributed by atoms with Crippen LogP contribution in [0.3, 0.4) is 0 Å². The molecule has 0 saturated carbocycles. The summed E-state index contributed by atoms with van der Waals surface area (Å²) < 4.78 is 12.9. The average Bonchev–Trinajstić information content (AvgIpc) is 2.49. The van der Waals surface area contributed by atoms with Crippen molar-refractivity contribution in [1.82, 2.24) is 15.0 Å². The van der Waals surface area contributed by atoms with Gasteiger partial charge in [-0.2, -0.15) is 15.0 Å². The Hall–Kier alpha value is -2.48. The molecule has 7 nitrogen and oxygen atoms in total. The van der Waals surface area contributed by atoms with Crippen LogP contribution < -0.4 is 21.1 Å². The number of nitrogens with one attached hydrogen (secondary N) is 1. The molecule has 0 spiro atoms. The maximum Gasteiger partial charge on any atom is 0.243 e. The van der Waals surface area contributed by atoms with Gasteiger partial charge in [0.15, 0.2) is 0 Å². The molecule has 0 aliphatic rings. The number of anilines is 3. The van der Waals surface area contributed by atoms with E-state index >= 15 is 0 Å². The number of nitrogens with two attached hydrogens (primary N) is 1. The van der Waals surface area contributed by atoms with E-state index in [0.717, 1.165) is 5.56 Å². The molecule has 8 heteroatoms. The smallest absolute Gasteiger partial charge is 0.243 e. The molecular formula is C13H18FN7. The highest BCUT2D eigenvalue weighted by Gasteiger charge is 2.11. The fourth-order valence-corrected chi connectivity index (χ4v) is 1.72. The molecule has 0 bridgehead atoms. The number of halogens is 1. The highest BCUT2D eigenvalue weighted by atomic mass is 19.1. The number of rotatable bonds is 5. The first-order chi connectivity index (χ1) is 9.99. The van der Waals surface area contributed by atoms with Crippen molar-refractivity contribution in [3.8, 4) is 0 Å². The lowest BCUT2D eigenvalue weighted by Gasteiger charge is -2.19. The summed E-state index contributed by atoms with van der Waals surface area (Å²) in [6.45, 7) is 0.543. The van der Waals surface area contributed by atoms with Crippen molar-refractivity contribution in [3.63, 3.8) is 0 Å². The average molecular weight is 291 g/mol. The Morgan fingerprint density at radius 2 is 1.67 bits per heavy atom. The largest absolute Gasteiger partial charge is 0.347 e. The van der Waals surface area contributed by atoms with Crippen LogP contribution >= 0.6 is 0 Å². The van der Waals surface area contributed by atoms with Crippen molar-refractivity contribution in [1.29, 1.82) is 0 Å². The Morgan fingerprint density at radius 1 is 1.05 bits per heavy atom. The van der Waals surface area contributed by atoms with Crippen molar-refractivity contribution in [2.75, 3.05) is 36.4 Å². The van der Waals surface area contributed by atoms with Gasteiger partial charge in [0.05, 0.1) is 0 Å². The van der Waals surface area contributed by atoms with Crippen molar-refractivity contribution < 1.29 is 4.39 Å². The van der Waals surface area contributed by atoms with Crippen LogP contribution in [0.25, 0.3) is 0 Å². The summed E-state index contributed by atoms with van der Waals surface area (Å²) >= 11 is 0. The highest BCUT2D eigenvalue weighted by Crippen LogP contribution is 2.16. The minimum Gasteiger partial charge on any atom is -0.347 e. The molecule has 0 aliphatic carbocycles. The Balaban J connectivity index is 2.23. The van der Waals surface area contributed by atoms with Crippen LogP contribution in [0.2, 0.25) is 0 Å². The Bertz CT molecular complexity index is 600. The maximum atomic E-state index is 12.9. The third kappa shape index (κ3) is 3.76. The van der Waals surface area contributed by atoms with Crippen LogP contribution in [0.1, 0.15) is 5.56 Å². The van der Waals surface area contributed by atoms with E-state index in [2.05, 4.69) is 20.4 Å². The molecule has 2 aromatic rings. The summed E-state index contributed by atoms with van der Waals surface area (Å²) in [5, 5.41) is 0. The fourth-order valence-electron chi connectivity index (χ4n) is 1.72. The van der Waals surface area contributed by atoms with Crippen LogP contribution in [-0.4, -0.2) is 36.1 Å². The Kier molecular flexibility index (Phi) is 4.49. The monoisotopic (exact) mass is 291 g/mol. The molecule has 0 aliphatic heterocycles. The van der Waals surface area contributed by atoms with Gasteiger partial charge in [-0.25, -0.2) is 10.2 Å². The van der Waals surface area contributed by atoms with Gasteiger partial charge >= 0.3 is 0 Å². The second kappa shape index (κ2) is 6.31. The van der Waals surface area contributed by atoms with E-state index in [-0.39, 0.29) is 11.8 Å². The standard InChI is InChI=1S/C13H18FN7/c1-20(2)12-16-11(19-15)17-13(18-12)21(3)8-9-4-6-10(14)7-5-9/h4-7H,8,15H2,1-3H3,(H,16,17,18,19). The Morgan fingerprint density at radius 3 is 2.24 bits per heavy atom. The van der Waals surface area contributed by atoms with Crippen molar-refractivity contribution in [2.24, 2.45) is 5.84 Å². The van der Waals surface area contributed by atoms with Gasteiger partial charge in [0.1, 0.15) is 5.82 Å². The lowest BCUT2D eigenvalue weighted by molar-refractivity contribution is 0.627. The summed E-state index contributed by atoms with van der Waals surface area (Å²) in [6, 6.07) is 6.30. The molecule has 0 fully saturated rings. The second-order valence-corrected chi connectivity index (χ2v) is 4.78. The van der Waals surface area contributed by atoms with E-state index in [1.54, 1.807) is 17.0 Å². The van der Waals surface area contributed by atoms with Crippen molar-refractivity contribution >= 4 is 17.8 Å². The molecular weight excluding hydrogens is 273 g/mol. The van der Waals surface area contributed by atoms with E-state index in [9.17, 15) is 4.39 Å². The zero-order chi connectivity index (χ0) is 15.4. The summed E-state index contributed by atoms with van der Waals surface area (Å²) in [7, 11) is 5.51. The van der Waals surface area contributed by atoms with Crippen LogP contribution in [0.4, 0.5) is 22.2 Å². The predicted molar refractivity (Wildman–Crippen MR) is 80.5 cm³/mol. The van der Waals surface area contributed by atoms with E-state index in [1.165, 1.54) is 12.1 Å². The molecule has 3 N–H and O–H groups in total. The SMILES string of the molecule is CN(C)c1nc(NN)nc(N(C)Cc2ccc(F)cc2)n1. The van der Waals surface area contributed by atoms with E-state index in [4.69, 9.17) is 5.84 Å². The zero-order valence-electron chi connectivity index (χ0n) is 12.2. The second-order valence-electron chi connectivity index (χ2n) is 4.78. The number of benzene rings is 1. The number of hydrogen-bond donors (Lipinski definition) is 2. The van der Waals surface area contributed by atoms with Gasteiger partial charge in [0.25, 0.3) is 0 Å². The number of hydrazine groups is 1. The number of aromatic nitrogens is 3. The molecule has 0 amide bonds. The topological polar surface area (TPSA) is 83.2 Å². The van der Waals surface area contributed by atoms with E-state index in [1.807, 2.05) is 26.0 Å². The first-order valence-corrected chi connectivity index (χ1v) is 6.35. The predicted octanol–water partition coefficient (Wildman–Crippen LogP) is 0.999. The minimum absolute atomic E-state index is 0.258. The normalized spacial score (nSPS) is 10.3. The van der Waals surface area contributed by atoms with Crippen molar-refractivity contribution in [3.05, 3.63) is 35.6 Å². The molecule has 1 aromatic carbocycles. The molecule has 1 heterocycles. The van der Waals surface area contributed by atoms with Crippen LogP contribution in [0.15, 0.2) is 24.3 Å². The van der Waals surface area contributed by atoms with Gasteiger partial charge < -0.3 is 9.80 Å². The third-order valence-electron chi connectivity index (χ3n) is 2.82. The lowest BCUT2D eigenvalue weighted by Crippen LogP contribution is -2.24. The lowest BCUT2D eigenvalue weighted by atomic mass is 10.2. The Labute approximate surface area is 122 Å². The molecule has 2 rings (SSSR count). The maximum absolute atomic E-state index is 12.9. The summed E-state index contributed by atoms with van der Waals surface area (Å²) in [6.07, 6.45) is 0. The van der Waals surface area contributed by atoms with Crippen LogP contribution in [-0.2, 0) is 6.54 Å². The van der Waals surface area contributed by atoms with Gasteiger partial charge in [0.2, 0.25) is 17.8 Å². The molecule has 0 unspecified atom stereocenters. The van der Waals surface area contributed by atoms with Crippen LogP contribution in [0, 0.1) is 5.82 Å². The van der Waals surface area contributed by atoms with Gasteiger partial charge in [-0.3, -0.25) is 5.43 Å². The summed E-state index contributed by atoms with van der Waals surface area (Å²) in [5.74, 6) is 6.38. The number of hydrogen-bond acceptors (Lipinski definition) is 7. The first-order valence-electron chi connectivity index (χ1n) is 6.35. The van der Waals surface area contributed by atoms with Gasteiger partial charge in [-0.1, -0.05) is 12.1 Å². The van der Waals surface area contributed by atoms with Gasteiger partial charge in [-0.05, 0) is 17.7 Å². The van der Waals surface area contributed by atoms with E-state index < -0.39 is 0 Å². The summed E-state index contributed by atoms with van der Waals surface area (Å²) in [5.41, 5.74) is 3.38. The molecule has 0 saturated heterocycles. The highest BCUT2D eigenvalue weighted by molar-refractivity contribution is 5.44. The van der Waals surface area contributed by atoms with Gasteiger partial charge in [-0.15, -0.1) is 0 Å². The first kappa shape index (κ1) is 14.9. The number of nitrogen functional groups attached to an aromatic ring is 1. The fraction of sp³-hybridized carbons (Fsp3) is 0.308. The third-order valence-corrected chi connectivity index (χ3v) is 2.82. The molecule has 0 radical (unpaired) electrons.